The highest BCUT2D eigenvalue weighted by Crippen LogP contribution is 2.29. The van der Waals surface area contributed by atoms with Gasteiger partial charge in [-0.3, -0.25) is 24.6 Å². The molecule has 0 aromatic heterocycles. The maximum atomic E-state index is 12.9. The first-order chi connectivity index (χ1) is 13.9. The Morgan fingerprint density at radius 1 is 0.966 bits per heavy atom. The third kappa shape index (κ3) is 3.81. The number of hydrogen-bond acceptors (Lipinski definition) is 6. The van der Waals surface area contributed by atoms with Crippen molar-refractivity contribution in [2.45, 2.75) is 12.5 Å². The minimum absolute atomic E-state index is 0.0588. The molecule has 2 aromatic carbocycles. The van der Waals surface area contributed by atoms with E-state index in [1.54, 1.807) is 36.4 Å². The van der Waals surface area contributed by atoms with Crippen LogP contribution in [0.2, 0.25) is 5.02 Å². The van der Waals surface area contributed by atoms with Gasteiger partial charge < -0.3 is 4.90 Å². The van der Waals surface area contributed by atoms with E-state index in [0.717, 1.165) is 5.69 Å². The van der Waals surface area contributed by atoms with E-state index in [9.17, 15) is 19.7 Å². The van der Waals surface area contributed by atoms with E-state index < -0.39 is 11.0 Å². The van der Waals surface area contributed by atoms with Crippen LogP contribution in [0, 0.1) is 10.1 Å². The fraction of sp³-hybridized carbons (Fsp3) is 0.300. The van der Waals surface area contributed by atoms with Crippen LogP contribution < -0.4 is 9.80 Å². The molecule has 0 bridgehead atoms. The lowest BCUT2D eigenvalue weighted by molar-refractivity contribution is -0.384. The van der Waals surface area contributed by atoms with E-state index in [4.69, 9.17) is 11.6 Å². The van der Waals surface area contributed by atoms with Crippen LogP contribution in [0.4, 0.5) is 17.1 Å². The van der Waals surface area contributed by atoms with Crippen molar-refractivity contribution in [1.82, 2.24) is 4.90 Å². The topological polar surface area (TPSA) is 87.0 Å². The molecule has 0 saturated carbocycles. The Bertz CT molecular complexity index is 957. The lowest BCUT2D eigenvalue weighted by atomic mass is 10.1. The molecule has 2 fully saturated rings. The fourth-order valence-corrected chi connectivity index (χ4v) is 4.05. The number of benzene rings is 2. The van der Waals surface area contributed by atoms with Crippen LogP contribution in [0.3, 0.4) is 0 Å². The van der Waals surface area contributed by atoms with Gasteiger partial charge >= 0.3 is 0 Å². The second-order valence-electron chi connectivity index (χ2n) is 7.06. The predicted octanol–water partition coefficient (Wildman–Crippen LogP) is 2.70. The zero-order chi connectivity index (χ0) is 20.5. The standard InChI is InChI=1S/C20H19ClN4O4/c21-14-2-1-3-17(12-14)24-19(26)13-18(20(24)27)23-10-8-22(9-11-23)15-4-6-16(7-5-15)25(28)29/h1-7,12,18H,8-11,13H2. The number of carbonyl (C=O) groups is 2. The summed E-state index contributed by atoms with van der Waals surface area (Å²) in [5, 5.41) is 11.3. The summed E-state index contributed by atoms with van der Waals surface area (Å²) in [7, 11) is 0. The molecule has 2 saturated heterocycles. The lowest BCUT2D eigenvalue weighted by Crippen LogP contribution is -2.52. The molecule has 0 aliphatic carbocycles. The van der Waals surface area contributed by atoms with Crippen molar-refractivity contribution in [2.75, 3.05) is 36.0 Å². The average molecular weight is 415 g/mol. The Hall–Kier alpha value is -2.97. The van der Waals surface area contributed by atoms with Gasteiger partial charge in [0.2, 0.25) is 5.91 Å². The number of imide groups is 1. The van der Waals surface area contributed by atoms with Gasteiger partial charge in [0.15, 0.2) is 0 Å². The Morgan fingerprint density at radius 2 is 1.66 bits per heavy atom. The Morgan fingerprint density at radius 3 is 2.28 bits per heavy atom. The van der Waals surface area contributed by atoms with Crippen LogP contribution in [0.5, 0.6) is 0 Å². The molecule has 1 atom stereocenters. The quantitative estimate of drug-likeness (QED) is 0.434. The van der Waals surface area contributed by atoms with Crippen LogP contribution in [-0.2, 0) is 9.59 Å². The van der Waals surface area contributed by atoms with Crippen molar-refractivity contribution in [2.24, 2.45) is 0 Å². The normalized spacial score (nSPS) is 20.4. The summed E-state index contributed by atoms with van der Waals surface area (Å²) in [6.07, 6.45) is 0.156. The van der Waals surface area contributed by atoms with Gasteiger partial charge in [0, 0.05) is 49.0 Å². The van der Waals surface area contributed by atoms with Gasteiger partial charge in [-0.15, -0.1) is 0 Å². The summed E-state index contributed by atoms with van der Waals surface area (Å²) < 4.78 is 0. The van der Waals surface area contributed by atoms with Crippen LogP contribution in [0.1, 0.15) is 6.42 Å². The van der Waals surface area contributed by atoms with Gasteiger partial charge in [0.05, 0.1) is 23.1 Å². The third-order valence-corrected chi connectivity index (χ3v) is 5.61. The van der Waals surface area contributed by atoms with Crippen LogP contribution in [-0.4, -0.2) is 53.9 Å². The number of carbonyl (C=O) groups excluding carboxylic acids is 2. The largest absolute Gasteiger partial charge is 0.369 e. The third-order valence-electron chi connectivity index (χ3n) is 5.37. The van der Waals surface area contributed by atoms with Gasteiger partial charge in [-0.1, -0.05) is 17.7 Å². The number of piperazine rings is 1. The Balaban J connectivity index is 1.41. The van der Waals surface area contributed by atoms with Crippen LogP contribution in [0.25, 0.3) is 0 Å². The summed E-state index contributed by atoms with van der Waals surface area (Å²) in [5.74, 6) is -0.443. The Labute approximate surface area is 172 Å². The summed E-state index contributed by atoms with van der Waals surface area (Å²) in [6, 6.07) is 12.7. The molecular formula is C20H19ClN4O4. The van der Waals surface area contributed by atoms with Crippen molar-refractivity contribution < 1.29 is 14.5 Å². The SMILES string of the molecule is O=C1CC(N2CCN(c3ccc([N+](=O)[O-])cc3)CC2)C(=O)N1c1cccc(Cl)c1. The number of nitro groups is 1. The molecule has 4 rings (SSSR count). The van der Waals surface area contributed by atoms with Crippen molar-refractivity contribution >= 4 is 40.5 Å². The number of hydrogen-bond donors (Lipinski definition) is 0. The molecule has 0 spiro atoms. The fourth-order valence-electron chi connectivity index (χ4n) is 3.86. The molecule has 9 heteroatoms. The zero-order valence-corrected chi connectivity index (χ0v) is 16.3. The number of halogens is 1. The molecule has 2 aromatic rings. The van der Waals surface area contributed by atoms with E-state index >= 15 is 0 Å². The highest BCUT2D eigenvalue weighted by molar-refractivity contribution is 6.31. The summed E-state index contributed by atoms with van der Waals surface area (Å²) in [5.41, 5.74) is 1.47. The van der Waals surface area contributed by atoms with Crippen LogP contribution in [0.15, 0.2) is 48.5 Å². The van der Waals surface area contributed by atoms with Gasteiger partial charge in [-0.2, -0.15) is 0 Å². The number of nitrogens with zero attached hydrogens (tertiary/aromatic N) is 4. The van der Waals surface area contributed by atoms with E-state index in [-0.39, 0.29) is 23.9 Å². The van der Waals surface area contributed by atoms with Gasteiger partial charge in [0.25, 0.3) is 11.6 Å². The molecule has 8 nitrogen and oxygen atoms in total. The molecule has 2 aliphatic rings. The number of anilines is 2. The molecule has 0 radical (unpaired) electrons. The van der Waals surface area contributed by atoms with Crippen molar-refractivity contribution in [3.8, 4) is 0 Å². The van der Waals surface area contributed by atoms with Crippen molar-refractivity contribution in [3.63, 3.8) is 0 Å². The number of amides is 2. The van der Waals surface area contributed by atoms with E-state index in [0.29, 0.717) is 36.9 Å². The molecule has 2 aliphatic heterocycles. The molecule has 2 amide bonds. The van der Waals surface area contributed by atoms with E-state index in [1.165, 1.54) is 17.0 Å². The molecular weight excluding hydrogens is 396 g/mol. The highest BCUT2D eigenvalue weighted by Gasteiger charge is 2.43. The average Bonchev–Trinajstić information content (AvgIpc) is 3.02. The highest BCUT2D eigenvalue weighted by atomic mass is 35.5. The molecule has 2 heterocycles. The maximum Gasteiger partial charge on any atom is 0.269 e. The van der Waals surface area contributed by atoms with Gasteiger partial charge in [0.1, 0.15) is 0 Å². The second kappa shape index (κ2) is 7.81. The molecule has 1 unspecified atom stereocenters. The van der Waals surface area contributed by atoms with E-state index in [2.05, 4.69) is 4.90 Å². The second-order valence-corrected chi connectivity index (χ2v) is 7.50. The lowest BCUT2D eigenvalue weighted by Gasteiger charge is -2.38. The minimum atomic E-state index is -0.472. The van der Waals surface area contributed by atoms with Crippen molar-refractivity contribution in [3.05, 3.63) is 63.7 Å². The first-order valence-electron chi connectivity index (χ1n) is 9.30. The first-order valence-corrected chi connectivity index (χ1v) is 9.67. The van der Waals surface area contributed by atoms with Gasteiger partial charge in [-0.25, -0.2) is 4.90 Å². The van der Waals surface area contributed by atoms with Gasteiger partial charge in [-0.05, 0) is 30.3 Å². The monoisotopic (exact) mass is 414 g/mol. The van der Waals surface area contributed by atoms with Crippen molar-refractivity contribution in [1.29, 1.82) is 0 Å². The summed E-state index contributed by atoms with van der Waals surface area (Å²) >= 11 is 6.00. The van der Waals surface area contributed by atoms with E-state index in [1.807, 2.05) is 4.90 Å². The molecule has 150 valence electrons. The smallest absolute Gasteiger partial charge is 0.269 e. The molecule has 29 heavy (non-hydrogen) atoms. The van der Waals surface area contributed by atoms with Crippen LogP contribution >= 0.6 is 11.6 Å². The number of nitro benzene ring substituents is 1. The minimum Gasteiger partial charge on any atom is -0.369 e. The molecule has 0 N–H and O–H groups in total. The first kappa shape index (κ1) is 19.4. The summed E-state index contributed by atoms with van der Waals surface area (Å²) in [6.45, 7) is 2.61. The zero-order valence-electron chi connectivity index (χ0n) is 15.5. The predicted molar refractivity (Wildman–Crippen MR) is 109 cm³/mol. The number of rotatable bonds is 4. The maximum absolute atomic E-state index is 12.9. The number of non-ortho nitro benzene ring substituents is 1. The summed E-state index contributed by atoms with van der Waals surface area (Å²) in [4.78, 5) is 41.2. The Kier molecular flexibility index (Phi) is 5.21.